The second-order valence-electron chi connectivity index (χ2n) is 5.05. The van der Waals surface area contributed by atoms with Crippen molar-refractivity contribution in [2.75, 3.05) is 13.1 Å². The van der Waals surface area contributed by atoms with Crippen LogP contribution in [-0.4, -0.2) is 23.9 Å². The van der Waals surface area contributed by atoms with Crippen molar-refractivity contribution in [3.05, 3.63) is 50.9 Å². The molecule has 1 aliphatic rings. The van der Waals surface area contributed by atoms with Gasteiger partial charge in [-0.1, -0.05) is 0 Å². The third kappa shape index (κ3) is 3.19. The van der Waals surface area contributed by atoms with Crippen molar-refractivity contribution in [2.24, 2.45) is 0 Å². The van der Waals surface area contributed by atoms with Gasteiger partial charge in [0.1, 0.15) is 0 Å². The highest BCUT2D eigenvalue weighted by atomic mass is 32.1. The first kappa shape index (κ1) is 13.6. The highest BCUT2D eigenvalue weighted by Crippen LogP contribution is 2.29. The first-order valence-corrected chi connectivity index (χ1v) is 8.73. The molecule has 104 valence electrons. The van der Waals surface area contributed by atoms with Gasteiger partial charge in [0.05, 0.1) is 0 Å². The smallest absolute Gasteiger partial charge is 0.246 e. The molecule has 0 saturated carbocycles. The molecule has 3 rings (SSSR count). The van der Waals surface area contributed by atoms with E-state index in [-0.39, 0.29) is 5.91 Å². The van der Waals surface area contributed by atoms with Gasteiger partial charge in [0.2, 0.25) is 5.91 Å². The van der Waals surface area contributed by atoms with Crippen LogP contribution >= 0.6 is 22.7 Å². The molecule has 0 bridgehead atoms. The number of piperidine rings is 1. The Balaban J connectivity index is 1.54. The van der Waals surface area contributed by atoms with Crippen molar-refractivity contribution in [1.29, 1.82) is 0 Å². The van der Waals surface area contributed by atoms with Crippen LogP contribution in [-0.2, 0) is 4.79 Å². The predicted molar refractivity (Wildman–Crippen MR) is 86.2 cm³/mol. The fourth-order valence-corrected chi connectivity index (χ4v) is 3.95. The molecule has 3 heterocycles. The molecule has 2 aromatic heterocycles. The van der Waals surface area contributed by atoms with E-state index >= 15 is 0 Å². The Kier molecular flexibility index (Phi) is 4.33. The van der Waals surface area contributed by atoms with Crippen molar-refractivity contribution in [3.8, 4) is 0 Å². The molecule has 0 atom stereocenters. The Hall–Kier alpha value is -1.39. The van der Waals surface area contributed by atoms with Crippen LogP contribution in [0.2, 0.25) is 0 Å². The number of nitrogens with zero attached hydrogens (tertiary/aromatic N) is 1. The zero-order valence-corrected chi connectivity index (χ0v) is 12.8. The molecule has 0 N–H and O–H groups in total. The Morgan fingerprint density at radius 2 is 1.90 bits per heavy atom. The lowest BCUT2D eigenvalue weighted by Crippen LogP contribution is -2.36. The lowest BCUT2D eigenvalue weighted by molar-refractivity contribution is -0.126. The van der Waals surface area contributed by atoms with Crippen LogP contribution in [0.4, 0.5) is 0 Å². The van der Waals surface area contributed by atoms with E-state index in [0.29, 0.717) is 5.92 Å². The van der Waals surface area contributed by atoms with E-state index in [0.717, 1.165) is 31.5 Å². The third-order valence-corrected chi connectivity index (χ3v) is 5.19. The summed E-state index contributed by atoms with van der Waals surface area (Å²) in [6.45, 7) is 1.74. The Morgan fingerprint density at radius 1 is 1.15 bits per heavy atom. The first-order valence-electron chi connectivity index (χ1n) is 6.84. The normalized spacial score (nSPS) is 16.9. The van der Waals surface area contributed by atoms with E-state index in [1.807, 2.05) is 27.8 Å². The lowest BCUT2D eigenvalue weighted by Gasteiger charge is -2.31. The van der Waals surface area contributed by atoms with E-state index in [2.05, 4.69) is 16.8 Å². The number of carbonyl (C=O) groups excluding carboxylic acids is 1. The fraction of sp³-hybridized carbons (Fsp3) is 0.312. The topological polar surface area (TPSA) is 20.3 Å². The van der Waals surface area contributed by atoms with Gasteiger partial charge in [-0.2, -0.15) is 22.7 Å². The third-order valence-electron chi connectivity index (χ3n) is 3.78. The van der Waals surface area contributed by atoms with Crippen LogP contribution in [0.25, 0.3) is 6.08 Å². The van der Waals surface area contributed by atoms with Crippen molar-refractivity contribution < 1.29 is 4.79 Å². The van der Waals surface area contributed by atoms with Gasteiger partial charge in [0, 0.05) is 19.2 Å². The molecular weight excluding hydrogens is 286 g/mol. The second kappa shape index (κ2) is 6.37. The van der Waals surface area contributed by atoms with Gasteiger partial charge in [0.15, 0.2) is 0 Å². The molecule has 2 nitrogen and oxygen atoms in total. The van der Waals surface area contributed by atoms with Gasteiger partial charge >= 0.3 is 0 Å². The molecule has 4 heteroatoms. The number of thiophene rings is 2. The Morgan fingerprint density at radius 3 is 2.55 bits per heavy atom. The minimum atomic E-state index is 0.139. The average molecular weight is 303 g/mol. The summed E-state index contributed by atoms with van der Waals surface area (Å²) < 4.78 is 0. The maximum atomic E-state index is 12.1. The maximum absolute atomic E-state index is 12.1. The van der Waals surface area contributed by atoms with Crippen LogP contribution in [0.5, 0.6) is 0 Å². The van der Waals surface area contributed by atoms with Gasteiger partial charge in [-0.15, -0.1) is 0 Å². The van der Waals surface area contributed by atoms with Gasteiger partial charge in [-0.3, -0.25) is 4.79 Å². The zero-order valence-electron chi connectivity index (χ0n) is 11.2. The summed E-state index contributed by atoms with van der Waals surface area (Å²) in [5, 5.41) is 8.44. The summed E-state index contributed by atoms with van der Waals surface area (Å²) in [5.74, 6) is 0.770. The number of rotatable bonds is 3. The summed E-state index contributed by atoms with van der Waals surface area (Å²) in [7, 11) is 0. The summed E-state index contributed by atoms with van der Waals surface area (Å²) in [6.07, 6.45) is 5.76. The molecule has 0 aliphatic carbocycles. The van der Waals surface area contributed by atoms with Gasteiger partial charge < -0.3 is 4.90 Å². The molecule has 1 aliphatic heterocycles. The Labute approximate surface area is 127 Å². The number of carbonyl (C=O) groups is 1. The quantitative estimate of drug-likeness (QED) is 0.777. The number of amides is 1. The van der Waals surface area contributed by atoms with Gasteiger partial charge in [-0.25, -0.2) is 0 Å². The van der Waals surface area contributed by atoms with Crippen LogP contribution in [0, 0.1) is 0 Å². The standard InChI is InChI=1S/C16H17NOS2/c18-16(2-1-13-5-9-19-11-13)17-7-3-14(4-8-17)15-6-10-20-12-15/h1-2,5-6,9-12,14H,3-4,7-8H2. The van der Waals surface area contributed by atoms with Crippen LogP contribution < -0.4 is 0 Å². The number of likely N-dealkylation sites (tertiary alicyclic amines) is 1. The molecule has 0 radical (unpaired) electrons. The van der Waals surface area contributed by atoms with Crippen molar-refractivity contribution in [1.82, 2.24) is 4.90 Å². The van der Waals surface area contributed by atoms with Crippen LogP contribution in [0.3, 0.4) is 0 Å². The molecule has 0 aromatic carbocycles. The molecule has 2 aromatic rings. The molecule has 0 unspecified atom stereocenters. The fourth-order valence-electron chi connectivity index (χ4n) is 2.58. The Bertz CT molecular complexity index is 564. The molecule has 1 fully saturated rings. The van der Waals surface area contributed by atoms with Crippen molar-refractivity contribution in [2.45, 2.75) is 18.8 Å². The SMILES string of the molecule is O=C(C=Cc1ccsc1)N1CCC(c2ccsc2)CC1. The average Bonchev–Trinajstić information content (AvgIpc) is 3.18. The predicted octanol–water partition coefficient (Wildman–Crippen LogP) is 4.23. The van der Waals surface area contributed by atoms with Crippen molar-refractivity contribution in [3.63, 3.8) is 0 Å². The monoisotopic (exact) mass is 303 g/mol. The van der Waals surface area contributed by atoms with Crippen molar-refractivity contribution >= 4 is 34.7 Å². The van der Waals surface area contributed by atoms with E-state index in [9.17, 15) is 4.79 Å². The largest absolute Gasteiger partial charge is 0.339 e. The summed E-state index contributed by atoms with van der Waals surface area (Å²) >= 11 is 3.41. The lowest BCUT2D eigenvalue weighted by atomic mass is 9.91. The van der Waals surface area contributed by atoms with E-state index < -0.39 is 0 Å². The summed E-state index contributed by atoms with van der Waals surface area (Å²) in [5.41, 5.74) is 2.55. The van der Waals surface area contributed by atoms with Gasteiger partial charge in [-0.05, 0) is 69.6 Å². The second-order valence-corrected chi connectivity index (χ2v) is 6.61. The number of hydrogen-bond donors (Lipinski definition) is 0. The summed E-state index contributed by atoms with van der Waals surface area (Å²) in [4.78, 5) is 14.1. The minimum absolute atomic E-state index is 0.139. The maximum Gasteiger partial charge on any atom is 0.246 e. The molecule has 1 saturated heterocycles. The molecule has 20 heavy (non-hydrogen) atoms. The first-order chi connectivity index (χ1) is 9.83. The number of hydrogen-bond acceptors (Lipinski definition) is 3. The van der Waals surface area contributed by atoms with E-state index in [1.165, 1.54) is 5.56 Å². The molecule has 1 amide bonds. The van der Waals surface area contributed by atoms with Crippen LogP contribution in [0.15, 0.2) is 39.7 Å². The van der Waals surface area contributed by atoms with Gasteiger partial charge in [0.25, 0.3) is 0 Å². The molecular formula is C16H17NOS2. The van der Waals surface area contributed by atoms with Crippen LogP contribution in [0.1, 0.15) is 29.9 Å². The molecule has 0 spiro atoms. The van der Waals surface area contributed by atoms with E-state index in [4.69, 9.17) is 0 Å². The zero-order chi connectivity index (χ0) is 13.8. The highest BCUT2D eigenvalue weighted by Gasteiger charge is 2.22. The minimum Gasteiger partial charge on any atom is -0.339 e. The van der Waals surface area contributed by atoms with E-state index in [1.54, 1.807) is 28.7 Å². The summed E-state index contributed by atoms with van der Waals surface area (Å²) in [6, 6.07) is 4.24. The highest BCUT2D eigenvalue weighted by molar-refractivity contribution is 7.08.